The van der Waals surface area contributed by atoms with Crippen LogP contribution < -0.4 is 9.62 Å². The topological polar surface area (TPSA) is 79.0 Å². The molecule has 0 radical (unpaired) electrons. The standard InChI is InChI=1S/C20H27N3O4S/c1-15-9-10-16(2)19(11-15)23(28(25,26)22(3)4)13-20(24)21-18-8-6-7-17(12-18)14-27-5/h6-12H,13-14H2,1-5H3,(H,21,24). The minimum Gasteiger partial charge on any atom is -0.380 e. The molecular weight excluding hydrogens is 378 g/mol. The van der Waals surface area contributed by atoms with Gasteiger partial charge in [-0.05, 0) is 48.7 Å². The van der Waals surface area contributed by atoms with Crippen LogP contribution in [0.1, 0.15) is 16.7 Å². The van der Waals surface area contributed by atoms with E-state index < -0.39 is 16.1 Å². The first-order chi connectivity index (χ1) is 13.1. The van der Waals surface area contributed by atoms with Gasteiger partial charge >= 0.3 is 10.2 Å². The number of methoxy groups -OCH3 is 1. The van der Waals surface area contributed by atoms with Gasteiger partial charge in [0, 0.05) is 26.9 Å². The second-order valence-electron chi connectivity index (χ2n) is 6.77. The van der Waals surface area contributed by atoms with Crippen molar-refractivity contribution in [3.05, 3.63) is 59.2 Å². The molecule has 0 saturated carbocycles. The smallest absolute Gasteiger partial charge is 0.304 e. The van der Waals surface area contributed by atoms with Gasteiger partial charge < -0.3 is 10.1 Å². The summed E-state index contributed by atoms with van der Waals surface area (Å²) >= 11 is 0. The molecule has 0 bridgehead atoms. The van der Waals surface area contributed by atoms with E-state index in [0.29, 0.717) is 18.0 Å². The van der Waals surface area contributed by atoms with Gasteiger partial charge in [0.05, 0.1) is 12.3 Å². The normalized spacial score (nSPS) is 11.5. The average molecular weight is 406 g/mol. The SMILES string of the molecule is COCc1cccc(NC(=O)CN(c2cc(C)ccc2C)S(=O)(=O)N(C)C)c1. The molecule has 0 saturated heterocycles. The zero-order valence-electron chi connectivity index (χ0n) is 16.9. The molecular formula is C20H27N3O4S. The third-order valence-corrected chi connectivity index (χ3v) is 5.99. The maximum atomic E-state index is 12.9. The highest BCUT2D eigenvalue weighted by molar-refractivity contribution is 7.90. The Bertz CT molecular complexity index is 942. The van der Waals surface area contributed by atoms with Crippen molar-refractivity contribution in [1.29, 1.82) is 0 Å². The molecule has 8 heteroatoms. The van der Waals surface area contributed by atoms with E-state index in [0.717, 1.165) is 25.3 Å². The van der Waals surface area contributed by atoms with Gasteiger partial charge in [-0.15, -0.1) is 0 Å². The zero-order chi connectivity index (χ0) is 20.9. The van der Waals surface area contributed by atoms with Crippen molar-refractivity contribution in [2.24, 2.45) is 0 Å². The van der Waals surface area contributed by atoms with Crippen LogP contribution in [0.3, 0.4) is 0 Å². The first-order valence-corrected chi connectivity index (χ1v) is 10.2. The highest BCUT2D eigenvalue weighted by atomic mass is 32.2. The number of benzene rings is 2. The molecule has 152 valence electrons. The molecule has 0 aliphatic heterocycles. The number of carbonyl (C=O) groups excluding carboxylic acids is 1. The molecule has 2 rings (SSSR count). The summed E-state index contributed by atoms with van der Waals surface area (Å²) in [6.07, 6.45) is 0. The van der Waals surface area contributed by atoms with Gasteiger partial charge in [0.25, 0.3) is 0 Å². The minimum atomic E-state index is -3.85. The van der Waals surface area contributed by atoms with Crippen molar-refractivity contribution >= 4 is 27.5 Å². The van der Waals surface area contributed by atoms with Crippen molar-refractivity contribution < 1.29 is 17.9 Å². The summed E-state index contributed by atoms with van der Waals surface area (Å²) in [6, 6.07) is 12.8. The summed E-state index contributed by atoms with van der Waals surface area (Å²) < 4.78 is 33.1. The van der Waals surface area contributed by atoms with Crippen molar-refractivity contribution in [2.45, 2.75) is 20.5 Å². The van der Waals surface area contributed by atoms with Crippen LogP contribution in [0.5, 0.6) is 0 Å². The quantitative estimate of drug-likeness (QED) is 0.732. The lowest BCUT2D eigenvalue weighted by Crippen LogP contribution is -2.44. The van der Waals surface area contributed by atoms with Crippen molar-refractivity contribution in [3.63, 3.8) is 0 Å². The van der Waals surface area contributed by atoms with Gasteiger partial charge in [0.1, 0.15) is 6.54 Å². The molecule has 0 spiro atoms. The number of carbonyl (C=O) groups is 1. The minimum absolute atomic E-state index is 0.334. The lowest BCUT2D eigenvalue weighted by atomic mass is 10.1. The lowest BCUT2D eigenvalue weighted by molar-refractivity contribution is -0.114. The maximum Gasteiger partial charge on any atom is 0.304 e. The van der Waals surface area contributed by atoms with Crippen molar-refractivity contribution in [3.8, 4) is 0 Å². The molecule has 0 aliphatic carbocycles. The summed E-state index contributed by atoms with van der Waals surface area (Å²) in [6.45, 7) is 3.79. The van der Waals surface area contributed by atoms with E-state index in [4.69, 9.17) is 4.74 Å². The Balaban J connectivity index is 2.31. The molecule has 1 amide bonds. The monoisotopic (exact) mass is 405 g/mol. The Morgan fingerprint density at radius 3 is 2.46 bits per heavy atom. The van der Waals surface area contributed by atoms with E-state index in [1.165, 1.54) is 14.1 Å². The molecule has 1 N–H and O–H groups in total. The molecule has 28 heavy (non-hydrogen) atoms. The van der Waals surface area contributed by atoms with Crippen LogP contribution in [-0.4, -0.2) is 46.4 Å². The van der Waals surface area contributed by atoms with Gasteiger partial charge in [0.2, 0.25) is 5.91 Å². The van der Waals surface area contributed by atoms with Crippen molar-refractivity contribution in [1.82, 2.24) is 4.31 Å². The number of nitrogens with zero attached hydrogens (tertiary/aromatic N) is 2. The molecule has 0 fully saturated rings. The van der Waals surface area contributed by atoms with E-state index >= 15 is 0 Å². The van der Waals surface area contributed by atoms with Gasteiger partial charge in [-0.1, -0.05) is 24.3 Å². The van der Waals surface area contributed by atoms with Crippen molar-refractivity contribution in [2.75, 3.05) is 37.4 Å². The van der Waals surface area contributed by atoms with Crippen LogP contribution in [-0.2, 0) is 26.3 Å². The van der Waals surface area contributed by atoms with Crippen LogP contribution in [0.2, 0.25) is 0 Å². The Hall–Kier alpha value is -2.42. The molecule has 0 heterocycles. The lowest BCUT2D eigenvalue weighted by Gasteiger charge is -2.28. The largest absolute Gasteiger partial charge is 0.380 e. The predicted octanol–water partition coefficient (Wildman–Crippen LogP) is 2.70. The van der Waals surface area contributed by atoms with Crippen LogP contribution in [0.25, 0.3) is 0 Å². The maximum absolute atomic E-state index is 12.9. The van der Waals surface area contributed by atoms with Gasteiger partial charge in [-0.3, -0.25) is 4.79 Å². The molecule has 0 aromatic heterocycles. The highest BCUT2D eigenvalue weighted by Gasteiger charge is 2.28. The van der Waals surface area contributed by atoms with Gasteiger partial charge in [-0.25, -0.2) is 4.31 Å². The Labute approximate surface area is 167 Å². The third kappa shape index (κ3) is 5.31. The molecule has 0 unspecified atom stereocenters. The number of ether oxygens (including phenoxy) is 1. The van der Waals surface area contributed by atoms with Crippen LogP contribution >= 0.6 is 0 Å². The highest BCUT2D eigenvalue weighted by Crippen LogP contribution is 2.25. The molecule has 7 nitrogen and oxygen atoms in total. The number of amides is 1. The summed E-state index contributed by atoms with van der Waals surface area (Å²) in [5.74, 6) is -0.430. The fourth-order valence-corrected chi connectivity index (χ4v) is 3.83. The van der Waals surface area contributed by atoms with Gasteiger partial charge in [-0.2, -0.15) is 12.7 Å². The fraction of sp³-hybridized carbons (Fsp3) is 0.350. The second kappa shape index (κ2) is 9.18. The number of hydrogen-bond acceptors (Lipinski definition) is 4. The Kier molecular flexibility index (Phi) is 7.17. The first-order valence-electron chi connectivity index (χ1n) is 8.80. The Morgan fingerprint density at radius 2 is 1.82 bits per heavy atom. The number of rotatable bonds is 8. The van der Waals surface area contributed by atoms with E-state index in [-0.39, 0.29) is 6.54 Å². The molecule has 2 aromatic carbocycles. The van der Waals surface area contributed by atoms with E-state index in [1.54, 1.807) is 25.3 Å². The number of nitrogens with one attached hydrogen (secondary N) is 1. The van der Waals surface area contributed by atoms with Crippen LogP contribution in [0.15, 0.2) is 42.5 Å². The predicted molar refractivity (Wildman–Crippen MR) is 112 cm³/mol. The summed E-state index contributed by atoms with van der Waals surface area (Å²) in [4.78, 5) is 12.7. The summed E-state index contributed by atoms with van der Waals surface area (Å²) in [5.41, 5.74) is 3.66. The number of anilines is 2. The second-order valence-corrected chi connectivity index (χ2v) is 8.84. The fourth-order valence-electron chi connectivity index (χ4n) is 2.71. The number of hydrogen-bond donors (Lipinski definition) is 1. The summed E-state index contributed by atoms with van der Waals surface area (Å²) in [5, 5.41) is 2.77. The van der Waals surface area contributed by atoms with Crippen LogP contribution in [0, 0.1) is 13.8 Å². The Morgan fingerprint density at radius 1 is 1.11 bits per heavy atom. The average Bonchev–Trinajstić information content (AvgIpc) is 2.62. The molecule has 2 aromatic rings. The van der Waals surface area contributed by atoms with E-state index in [2.05, 4.69) is 5.32 Å². The summed E-state index contributed by atoms with van der Waals surface area (Å²) in [7, 11) is 0.635. The third-order valence-electron chi connectivity index (χ3n) is 4.18. The first kappa shape index (κ1) is 21.9. The number of aryl methyl sites for hydroxylation is 2. The molecule has 0 aliphatic rings. The van der Waals surface area contributed by atoms with Gasteiger partial charge in [0.15, 0.2) is 0 Å². The van der Waals surface area contributed by atoms with E-state index in [9.17, 15) is 13.2 Å². The van der Waals surface area contributed by atoms with Crippen LogP contribution in [0.4, 0.5) is 11.4 Å². The zero-order valence-corrected chi connectivity index (χ0v) is 17.7. The van der Waals surface area contributed by atoms with E-state index in [1.807, 2.05) is 38.1 Å². The molecule has 0 atom stereocenters.